The van der Waals surface area contributed by atoms with Gasteiger partial charge in [-0.1, -0.05) is 11.6 Å². The van der Waals surface area contributed by atoms with E-state index in [1.807, 2.05) is 6.92 Å². The van der Waals surface area contributed by atoms with Gasteiger partial charge in [-0.25, -0.2) is 4.98 Å². The predicted molar refractivity (Wildman–Crippen MR) is 67.5 cm³/mol. The number of nitrogens with zero attached hydrogens (tertiary/aromatic N) is 2. The summed E-state index contributed by atoms with van der Waals surface area (Å²) >= 11 is 5.84. The van der Waals surface area contributed by atoms with Gasteiger partial charge in [-0.3, -0.25) is 0 Å². The van der Waals surface area contributed by atoms with Crippen molar-refractivity contribution in [1.29, 1.82) is 0 Å². The van der Waals surface area contributed by atoms with Crippen molar-refractivity contribution in [3.05, 3.63) is 16.9 Å². The molecule has 1 saturated heterocycles. The van der Waals surface area contributed by atoms with Crippen LogP contribution >= 0.6 is 11.6 Å². The van der Waals surface area contributed by atoms with E-state index >= 15 is 0 Å². The zero-order valence-corrected chi connectivity index (χ0v) is 10.8. The Morgan fingerprint density at radius 1 is 1.53 bits per heavy atom. The van der Waals surface area contributed by atoms with Crippen LogP contribution in [-0.4, -0.2) is 29.7 Å². The van der Waals surface area contributed by atoms with Crippen LogP contribution in [0.3, 0.4) is 0 Å². The van der Waals surface area contributed by atoms with Gasteiger partial charge in [0.05, 0.1) is 6.61 Å². The summed E-state index contributed by atoms with van der Waals surface area (Å²) in [5.41, 5.74) is 0.833. The molecule has 1 aliphatic heterocycles. The van der Waals surface area contributed by atoms with E-state index in [9.17, 15) is 0 Å². The Labute approximate surface area is 107 Å². The lowest BCUT2D eigenvalue weighted by Gasteiger charge is -2.22. The number of aromatic nitrogens is 2. The molecule has 94 valence electrons. The van der Waals surface area contributed by atoms with Gasteiger partial charge in [-0.2, -0.15) is 4.98 Å². The first-order valence-electron chi connectivity index (χ1n) is 6.09. The molecular weight excluding hydrogens is 238 g/mol. The molecule has 0 spiro atoms. The van der Waals surface area contributed by atoms with Crippen LogP contribution in [0.15, 0.2) is 6.07 Å². The molecular formula is C12H18ClN3O. The maximum atomic E-state index is 5.84. The van der Waals surface area contributed by atoms with Gasteiger partial charge in [0.2, 0.25) is 0 Å². The number of aryl methyl sites for hydroxylation is 1. The summed E-state index contributed by atoms with van der Waals surface area (Å²) in [6, 6.07) is 2.11. The number of hydrogen-bond donors (Lipinski definition) is 1. The second-order valence-electron chi connectivity index (χ2n) is 4.46. The van der Waals surface area contributed by atoms with E-state index in [0.717, 1.165) is 25.2 Å². The average Bonchev–Trinajstić information content (AvgIpc) is 2.29. The highest BCUT2D eigenvalue weighted by Crippen LogP contribution is 2.15. The van der Waals surface area contributed by atoms with E-state index in [1.54, 1.807) is 6.07 Å². The molecule has 2 rings (SSSR count). The van der Waals surface area contributed by atoms with E-state index in [2.05, 4.69) is 15.3 Å². The molecule has 1 N–H and O–H groups in total. The zero-order valence-electron chi connectivity index (χ0n) is 10.1. The van der Waals surface area contributed by atoms with Gasteiger partial charge in [0.1, 0.15) is 5.15 Å². The van der Waals surface area contributed by atoms with Gasteiger partial charge in [0.25, 0.3) is 0 Å². The number of halogens is 1. The first kappa shape index (κ1) is 12.6. The summed E-state index contributed by atoms with van der Waals surface area (Å²) in [4.78, 5) is 8.22. The molecule has 1 fully saturated rings. The molecule has 0 aromatic carbocycles. The minimum atomic E-state index is 0.388. The van der Waals surface area contributed by atoms with E-state index in [0.29, 0.717) is 23.7 Å². The molecule has 1 aliphatic rings. The molecule has 1 aromatic rings. The van der Waals surface area contributed by atoms with Gasteiger partial charge >= 0.3 is 6.01 Å². The predicted octanol–water partition coefficient (Wildman–Crippen LogP) is 2.21. The van der Waals surface area contributed by atoms with Gasteiger partial charge in [0, 0.05) is 5.69 Å². The van der Waals surface area contributed by atoms with Crippen LogP contribution in [0.1, 0.15) is 25.0 Å². The van der Waals surface area contributed by atoms with Crippen molar-refractivity contribution in [2.45, 2.75) is 26.2 Å². The molecule has 1 atom stereocenters. The molecule has 5 heteroatoms. The zero-order chi connectivity index (χ0) is 12.1. The summed E-state index contributed by atoms with van der Waals surface area (Å²) in [5, 5.41) is 3.83. The highest BCUT2D eigenvalue weighted by atomic mass is 35.5. The Hall–Kier alpha value is -0.870. The van der Waals surface area contributed by atoms with Crippen molar-refractivity contribution < 1.29 is 4.74 Å². The van der Waals surface area contributed by atoms with Crippen molar-refractivity contribution in [1.82, 2.24) is 15.3 Å². The monoisotopic (exact) mass is 255 g/mol. The number of rotatable bonds is 4. The SMILES string of the molecule is Cc1cc(Cl)nc(OCCC2CCCNC2)n1. The highest BCUT2D eigenvalue weighted by molar-refractivity contribution is 6.29. The van der Waals surface area contributed by atoms with Gasteiger partial charge in [0.15, 0.2) is 0 Å². The van der Waals surface area contributed by atoms with Crippen molar-refractivity contribution in [3.63, 3.8) is 0 Å². The van der Waals surface area contributed by atoms with Crippen LogP contribution in [0.4, 0.5) is 0 Å². The molecule has 0 radical (unpaired) electrons. The van der Waals surface area contributed by atoms with Gasteiger partial charge < -0.3 is 10.1 Å². The minimum absolute atomic E-state index is 0.388. The van der Waals surface area contributed by atoms with Gasteiger partial charge in [-0.05, 0) is 51.3 Å². The van der Waals surface area contributed by atoms with E-state index in [-0.39, 0.29) is 0 Å². The normalized spacial score (nSPS) is 20.2. The molecule has 0 bridgehead atoms. The molecule has 0 amide bonds. The first-order valence-corrected chi connectivity index (χ1v) is 6.46. The summed E-state index contributed by atoms with van der Waals surface area (Å²) < 4.78 is 5.54. The molecule has 17 heavy (non-hydrogen) atoms. The maximum Gasteiger partial charge on any atom is 0.318 e. The first-order chi connectivity index (χ1) is 8.24. The third-order valence-electron chi connectivity index (χ3n) is 2.96. The summed E-state index contributed by atoms with van der Waals surface area (Å²) in [5.74, 6) is 0.712. The molecule has 1 aromatic heterocycles. The van der Waals surface area contributed by atoms with Crippen LogP contribution in [-0.2, 0) is 0 Å². The van der Waals surface area contributed by atoms with Crippen LogP contribution in [0.25, 0.3) is 0 Å². The standard InChI is InChI=1S/C12H18ClN3O/c1-9-7-11(13)16-12(15-9)17-6-4-10-3-2-5-14-8-10/h7,10,14H,2-6,8H2,1H3. The fourth-order valence-corrected chi connectivity index (χ4v) is 2.29. The number of hydrogen-bond acceptors (Lipinski definition) is 4. The minimum Gasteiger partial charge on any atom is -0.463 e. The number of nitrogens with one attached hydrogen (secondary N) is 1. The van der Waals surface area contributed by atoms with Crippen molar-refractivity contribution >= 4 is 11.6 Å². The van der Waals surface area contributed by atoms with Crippen LogP contribution in [0.5, 0.6) is 6.01 Å². The van der Waals surface area contributed by atoms with Gasteiger partial charge in [-0.15, -0.1) is 0 Å². The lowest BCUT2D eigenvalue weighted by Crippen LogP contribution is -2.30. The second kappa shape index (κ2) is 6.17. The molecule has 0 aliphatic carbocycles. The second-order valence-corrected chi connectivity index (χ2v) is 4.85. The van der Waals surface area contributed by atoms with E-state index < -0.39 is 0 Å². The van der Waals surface area contributed by atoms with Crippen molar-refractivity contribution in [2.24, 2.45) is 5.92 Å². The molecule has 1 unspecified atom stereocenters. The lowest BCUT2D eigenvalue weighted by molar-refractivity contribution is 0.239. The van der Waals surface area contributed by atoms with Crippen molar-refractivity contribution in [2.75, 3.05) is 19.7 Å². The smallest absolute Gasteiger partial charge is 0.318 e. The third kappa shape index (κ3) is 4.13. The topological polar surface area (TPSA) is 47.0 Å². The fourth-order valence-electron chi connectivity index (χ4n) is 2.06. The molecule has 0 saturated carbocycles. The van der Waals surface area contributed by atoms with Crippen LogP contribution < -0.4 is 10.1 Å². The Morgan fingerprint density at radius 3 is 3.12 bits per heavy atom. The molecule has 4 nitrogen and oxygen atoms in total. The van der Waals surface area contributed by atoms with E-state index in [4.69, 9.17) is 16.3 Å². The quantitative estimate of drug-likeness (QED) is 0.838. The van der Waals surface area contributed by atoms with Crippen LogP contribution in [0, 0.1) is 12.8 Å². The largest absolute Gasteiger partial charge is 0.463 e. The summed E-state index contributed by atoms with van der Waals surface area (Å²) in [6.45, 7) is 4.78. The Kier molecular flexibility index (Phi) is 4.57. The highest BCUT2D eigenvalue weighted by Gasteiger charge is 2.13. The molecule has 2 heterocycles. The summed E-state index contributed by atoms with van der Waals surface area (Å²) in [7, 11) is 0. The van der Waals surface area contributed by atoms with E-state index in [1.165, 1.54) is 12.8 Å². The number of piperidine rings is 1. The third-order valence-corrected chi connectivity index (χ3v) is 3.15. The Bertz CT molecular complexity index is 347. The average molecular weight is 256 g/mol. The maximum absolute atomic E-state index is 5.84. The van der Waals surface area contributed by atoms with Crippen molar-refractivity contribution in [3.8, 4) is 6.01 Å². The lowest BCUT2D eigenvalue weighted by atomic mass is 9.97. The number of ether oxygens (including phenoxy) is 1. The fraction of sp³-hybridized carbons (Fsp3) is 0.667. The Balaban J connectivity index is 1.77. The summed E-state index contributed by atoms with van der Waals surface area (Å²) in [6.07, 6.45) is 3.59. The van der Waals surface area contributed by atoms with Crippen LogP contribution in [0.2, 0.25) is 5.15 Å². The Morgan fingerprint density at radius 2 is 2.41 bits per heavy atom.